The highest BCUT2D eigenvalue weighted by molar-refractivity contribution is 5.38. The molecule has 1 heterocycles. The van der Waals surface area contributed by atoms with Gasteiger partial charge in [0.05, 0.1) is 11.6 Å². The summed E-state index contributed by atoms with van der Waals surface area (Å²) < 4.78 is 24.3. The Morgan fingerprint density at radius 3 is 2.75 bits per heavy atom. The Hall–Kier alpha value is -1.50. The number of nitrogens with zero attached hydrogens (tertiary/aromatic N) is 2. The Balaban J connectivity index is 3.25. The van der Waals surface area contributed by atoms with E-state index in [2.05, 4.69) is 4.98 Å². The fourth-order valence-corrected chi connectivity index (χ4v) is 0.893. The van der Waals surface area contributed by atoms with Crippen LogP contribution in [0, 0.1) is 18.3 Å². The molecule has 2 nitrogen and oxygen atoms in total. The van der Waals surface area contributed by atoms with E-state index >= 15 is 0 Å². The lowest BCUT2D eigenvalue weighted by atomic mass is 10.1. The number of hydrogen-bond donors (Lipinski definition) is 0. The first-order valence-corrected chi connectivity index (χ1v) is 3.30. The molecule has 1 aromatic rings. The molecule has 0 aliphatic heterocycles. The van der Waals surface area contributed by atoms with Crippen molar-refractivity contribution in [1.29, 1.82) is 5.26 Å². The van der Waals surface area contributed by atoms with Gasteiger partial charge in [-0.25, -0.2) is 8.78 Å². The summed E-state index contributed by atoms with van der Waals surface area (Å²) in [4.78, 5) is 3.49. The largest absolute Gasteiger partial charge is 0.280 e. The van der Waals surface area contributed by atoms with Crippen molar-refractivity contribution in [3.8, 4) is 6.07 Å². The van der Waals surface area contributed by atoms with E-state index in [1.165, 1.54) is 19.2 Å². The molecule has 0 aliphatic carbocycles. The summed E-state index contributed by atoms with van der Waals surface area (Å²) in [7, 11) is 0. The average Bonchev–Trinajstić information content (AvgIpc) is 2.04. The molecule has 0 amide bonds. The predicted molar refractivity (Wildman–Crippen MR) is 38.6 cm³/mol. The minimum Gasteiger partial charge on any atom is -0.255 e. The van der Waals surface area contributed by atoms with Crippen LogP contribution in [-0.4, -0.2) is 4.98 Å². The molecule has 0 saturated heterocycles. The van der Waals surface area contributed by atoms with E-state index in [0.29, 0.717) is 0 Å². The summed E-state index contributed by atoms with van der Waals surface area (Å²) in [6.07, 6.45) is -1.40. The maximum atomic E-state index is 12.2. The molecule has 0 unspecified atom stereocenters. The Kier molecular flexibility index (Phi) is 2.34. The van der Waals surface area contributed by atoms with Gasteiger partial charge in [0.2, 0.25) is 0 Å². The van der Waals surface area contributed by atoms with E-state index in [1.54, 1.807) is 0 Å². The number of hydrogen-bond acceptors (Lipinski definition) is 2. The third-order valence-electron chi connectivity index (χ3n) is 1.57. The van der Waals surface area contributed by atoms with Crippen LogP contribution in [0.1, 0.15) is 23.2 Å². The number of pyridine rings is 1. The van der Waals surface area contributed by atoms with Crippen molar-refractivity contribution in [2.24, 2.45) is 0 Å². The van der Waals surface area contributed by atoms with Gasteiger partial charge in [0.15, 0.2) is 0 Å². The smallest absolute Gasteiger partial charge is 0.255 e. The normalized spacial score (nSPS) is 9.92. The van der Waals surface area contributed by atoms with E-state index in [4.69, 9.17) is 5.26 Å². The minimum absolute atomic E-state index is 0.250. The zero-order valence-electron chi connectivity index (χ0n) is 6.38. The molecule has 4 heteroatoms. The van der Waals surface area contributed by atoms with Gasteiger partial charge in [-0.1, -0.05) is 0 Å². The van der Waals surface area contributed by atoms with Crippen LogP contribution >= 0.6 is 0 Å². The number of nitriles is 1. The second-order valence-electron chi connectivity index (χ2n) is 2.28. The maximum absolute atomic E-state index is 12.2. The van der Waals surface area contributed by atoms with E-state index in [1.807, 2.05) is 6.07 Å². The Labute approximate surface area is 68.5 Å². The average molecular weight is 168 g/mol. The molecule has 1 rings (SSSR count). The van der Waals surface area contributed by atoms with Gasteiger partial charge >= 0.3 is 0 Å². The van der Waals surface area contributed by atoms with Crippen LogP contribution in [-0.2, 0) is 0 Å². The number of aromatic nitrogens is 1. The molecule has 0 radical (unpaired) electrons. The molecule has 0 saturated carbocycles. The molecule has 0 fully saturated rings. The monoisotopic (exact) mass is 168 g/mol. The molecular formula is C8H6F2N2. The van der Waals surface area contributed by atoms with Gasteiger partial charge in [-0.3, -0.25) is 4.98 Å². The topological polar surface area (TPSA) is 36.7 Å². The summed E-state index contributed by atoms with van der Waals surface area (Å²) in [6, 6.07) is 3.24. The van der Waals surface area contributed by atoms with Crippen molar-refractivity contribution in [1.82, 2.24) is 4.98 Å². The zero-order chi connectivity index (χ0) is 9.14. The fourth-order valence-electron chi connectivity index (χ4n) is 0.893. The summed E-state index contributed by atoms with van der Waals surface area (Å²) >= 11 is 0. The quantitative estimate of drug-likeness (QED) is 0.644. The predicted octanol–water partition coefficient (Wildman–Crippen LogP) is 2.20. The fraction of sp³-hybridized carbons (Fsp3) is 0.250. The zero-order valence-corrected chi connectivity index (χ0v) is 6.38. The van der Waals surface area contributed by atoms with Crippen molar-refractivity contribution in [3.63, 3.8) is 0 Å². The van der Waals surface area contributed by atoms with Gasteiger partial charge in [-0.15, -0.1) is 0 Å². The molecule has 62 valence electrons. The minimum atomic E-state index is -2.61. The molecule has 0 N–H and O–H groups in total. The standard InChI is InChI=1S/C8H6F2N2/c1-5-6(4-11)2-3-12-7(5)8(9)10/h2-3,8H,1H3. The number of rotatable bonds is 1. The highest BCUT2D eigenvalue weighted by Gasteiger charge is 2.13. The van der Waals surface area contributed by atoms with E-state index in [0.717, 1.165) is 0 Å². The second-order valence-corrected chi connectivity index (χ2v) is 2.28. The summed E-state index contributed by atoms with van der Waals surface area (Å²) in [5, 5.41) is 8.50. The Morgan fingerprint density at radius 1 is 1.58 bits per heavy atom. The van der Waals surface area contributed by atoms with Crippen molar-refractivity contribution < 1.29 is 8.78 Å². The summed E-state index contributed by atoms with van der Waals surface area (Å²) in [5.74, 6) is 0. The SMILES string of the molecule is Cc1c(C#N)ccnc1C(F)F. The van der Waals surface area contributed by atoms with Gasteiger partial charge in [0.1, 0.15) is 5.69 Å². The third kappa shape index (κ3) is 1.40. The van der Waals surface area contributed by atoms with Crippen LogP contribution in [0.5, 0.6) is 0 Å². The van der Waals surface area contributed by atoms with E-state index in [9.17, 15) is 8.78 Å². The third-order valence-corrected chi connectivity index (χ3v) is 1.57. The molecule has 0 aromatic carbocycles. The van der Waals surface area contributed by atoms with E-state index < -0.39 is 6.43 Å². The molecule has 0 atom stereocenters. The highest BCUT2D eigenvalue weighted by atomic mass is 19.3. The van der Waals surface area contributed by atoms with Gasteiger partial charge in [-0.2, -0.15) is 5.26 Å². The highest BCUT2D eigenvalue weighted by Crippen LogP contribution is 2.21. The van der Waals surface area contributed by atoms with Crippen molar-refractivity contribution in [3.05, 3.63) is 29.1 Å². The van der Waals surface area contributed by atoms with Crippen molar-refractivity contribution in [2.75, 3.05) is 0 Å². The second kappa shape index (κ2) is 3.26. The van der Waals surface area contributed by atoms with Gasteiger partial charge in [0.25, 0.3) is 6.43 Å². The number of halogens is 2. The van der Waals surface area contributed by atoms with Crippen LogP contribution < -0.4 is 0 Å². The van der Waals surface area contributed by atoms with Crippen LogP contribution in [0.25, 0.3) is 0 Å². The maximum Gasteiger partial charge on any atom is 0.280 e. The first-order valence-electron chi connectivity index (χ1n) is 3.30. The van der Waals surface area contributed by atoms with Crippen LogP contribution in [0.15, 0.2) is 12.3 Å². The lowest BCUT2D eigenvalue weighted by molar-refractivity contribution is 0.145. The van der Waals surface area contributed by atoms with Crippen LogP contribution in [0.4, 0.5) is 8.78 Å². The Morgan fingerprint density at radius 2 is 2.25 bits per heavy atom. The molecular weight excluding hydrogens is 162 g/mol. The van der Waals surface area contributed by atoms with Gasteiger partial charge in [-0.05, 0) is 18.6 Å². The molecule has 1 aromatic heterocycles. The van der Waals surface area contributed by atoms with Crippen molar-refractivity contribution in [2.45, 2.75) is 13.3 Å². The van der Waals surface area contributed by atoms with Gasteiger partial charge < -0.3 is 0 Å². The molecule has 0 aliphatic rings. The number of alkyl halides is 2. The van der Waals surface area contributed by atoms with E-state index in [-0.39, 0.29) is 16.8 Å². The summed E-state index contributed by atoms with van der Waals surface area (Å²) in [6.45, 7) is 1.47. The molecule has 12 heavy (non-hydrogen) atoms. The first-order chi connectivity index (χ1) is 5.66. The summed E-state index contributed by atoms with van der Waals surface area (Å²) in [5.41, 5.74) is 0.198. The molecule has 0 bridgehead atoms. The molecule has 0 spiro atoms. The van der Waals surface area contributed by atoms with Crippen LogP contribution in [0.3, 0.4) is 0 Å². The Bertz CT molecular complexity index is 328. The lowest BCUT2D eigenvalue weighted by Crippen LogP contribution is -1.96. The van der Waals surface area contributed by atoms with Crippen molar-refractivity contribution >= 4 is 0 Å². The van der Waals surface area contributed by atoms with Crippen LogP contribution in [0.2, 0.25) is 0 Å². The van der Waals surface area contributed by atoms with Gasteiger partial charge in [0, 0.05) is 6.20 Å². The first kappa shape index (κ1) is 8.60. The lowest BCUT2D eigenvalue weighted by Gasteiger charge is -2.03.